The molecule has 0 saturated heterocycles. The van der Waals surface area contributed by atoms with Crippen LogP contribution in [0.1, 0.15) is 42.0 Å². The third kappa shape index (κ3) is 4.14. The summed E-state index contributed by atoms with van der Waals surface area (Å²) in [6, 6.07) is 18.9. The first kappa shape index (κ1) is 23.0. The maximum absolute atomic E-state index is 13.8. The van der Waals surface area contributed by atoms with E-state index in [0.29, 0.717) is 22.6 Å². The summed E-state index contributed by atoms with van der Waals surface area (Å²) in [5.74, 6) is 0.843. The molecular formula is C29H25FN4O3. The van der Waals surface area contributed by atoms with Crippen LogP contribution in [0.5, 0.6) is 5.75 Å². The monoisotopic (exact) mass is 496 g/mol. The van der Waals surface area contributed by atoms with Crippen LogP contribution in [0.4, 0.5) is 14.9 Å². The number of benzene rings is 3. The van der Waals surface area contributed by atoms with E-state index in [0.717, 1.165) is 30.5 Å². The third-order valence-electron chi connectivity index (χ3n) is 7.01. The second kappa shape index (κ2) is 9.20. The van der Waals surface area contributed by atoms with Crippen molar-refractivity contribution in [1.29, 1.82) is 0 Å². The summed E-state index contributed by atoms with van der Waals surface area (Å²) in [4.78, 5) is 19.8. The lowest BCUT2D eigenvalue weighted by molar-refractivity contribution is 0.244. The van der Waals surface area contributed by atoms with Gasteiger partial charge in [-0.25, -0.2) is 9.18 Å². The number of nitrogens with one attached hydrogen (secondary N) is 1. The van der Waals surface area contributed by atoms with Crippen LogP contribution >= 0.6 is 0 Å². The number of allylic oxidation sites excluding steroid dienone is 1. The molecular weight excluding hydrogens is 471 g/mol. The Morgan fingerprint density at radius 1 is 1.05 bits per heavy atom. The van der Waals surface area contributed by atoms with Gasteiger partial charge in [0.2, 0.25) is 5.82 Å². The largest absolute Gasteiger partial charge is 0.497 e. The molecule has 1 aliphatic heterocycles. The molecule has 1 unspecified atom stereocenters. The van der Waals surface area contributed by atoms with Crippen LogP contribution in [0.15, 0.2) is 77.0 Å². The van der Waals surface area contributed by atoms with Crippen molar-refractivity contribution in [2.24, 2.45) is 0 Å². The Hall–Kier alpha value is -4.46. The fourth-order valence-electron chi connectivity index (χ4n) is 5.15. The van der Waals surface area contributed by atoms with Crippen molar-refractivity contribution in [2.75, 3.05) is 12.0 Å². The predicted octanol–water partition coefficient (Wildman–Crippen LogP) is 6.08. The van der Waals surface area contributed by atoms with Gasteiger partial charge < -0.3 is 14.6 Å². The third-order valence-corrected chi connectivity index (χ3v) is 7.01. The summed E-state index contributed by atoms with van der Waals surface area (Å²) in [5.41, 5.74) is 6.06. The van der Waals surface area contributed by atoms with E-state index in [1.807, 2.05) is 37.3 Å². The molecule has 186 valence electrons. The lowest BCUT2D eigenvalue weighted by Crippen LogP contribution is -2.46. The molecule has 0 spiro atoms. The molecule has 0 fully saturated rings. The molecule has 6 rings (SSSR count). The van der Waals surface area contributed by atoms with Crippen LogP contribution in [-0.4, -0.2) is 23.3 Å². The summed E-state index contributed by atoms with van der Waals surface area (Å²) >= 11 is 0. The van der Waals surface area contributed by atoms with Crippen LogP contribution in [0.3, 0.4) is 0 Å². The van der Waals surface area contributed by atoms with Gasteiger partial charge in [0.25, 0.3) is 5.89 Å². The number of aryl methyl sites for hydroxylation is 2. The number of carbonyl (C=O) groups excluding carboxylic acids is 1. The summed E-state index contributed by atoms with van der Waals surface area (Å²) in [6.07, 6.45) is 3.19. The molecule has 2 aliphatic rings. The molecule has 37 heavy (non-hydrogen) atoms. The van der Waals surface area contributed by atoms with Gasteiger partial charge in [0.05, 0.1) is 24.4 Å². The molecule has 2 amide bonds. The normalized spacial score (nSPS) is 17.1. The van der Waals surface area contributed by atoms with E-state index in [1.165, 1.54) is 23.3 Å². The Bertz CT molecular complexity index is 1530. The van der Waals surface area contributed by atoms with E-state index in [4.69, 9.17) is 9.26 Å². The minimum absolute atomic E-state index is 0.245. The fourth-order valence-corrected chi connectivity index (χ4v) is 5.15. The average Bonchev–Trinajstić information content (AvgIpc) is 3.58. The summed E-state index contributed by atoms with van der Waals surface area (Å²) in [5, 5.41) is 7.24. The van der Waals surface area contributed by atoms with Crippen molar-refractivity contribution in [3.63, 3.8) is 0 Å². The van der Waals surface area contributed by atoms with Crippen molar-refractivity contribution < 1.29 is 18.4 Å². The average molecular weight is 497 g/mol. The number of aromatic nitrogens is 2. The minimum Gasteiger partial charge on any atom is -0.497 e. The molecule has 0 radical (unpaired) electrons. The number of hydrogen-bond donors (Lipinski definition) is 1. The van der Waals surface area contributed by atoms with Gasteiger partial charge in [-0.3, -0.25) is 4.90 Å². The predicted molar refractivity (Wildman–Crippen MR) is 137 cm³/mol. The Kier molecular flexibility index (Phi) is 5.71. The zero-order valence-corrected chi connectivity index (χ0v) is 20.5. The Morgan fingerprint density at radius 3 is 2.65 bits per heavy atom. The van der Waals surface area contributed by atoms with Crippen molar-refractivity contribution in [1.82, 2.24) is 15.5 Å². The van der Waals surface area contributed by atoms with Crippen molar-refractivity contribution >= 4 is 17.3 Å². The highest BCUT2D eigenvalue weighted by Gasteiger charge is 2.37. The Morgan fingerprint density at radius 2 is 1.86 bits per heavy atom. The van der Waals surface area contributed by atoms with E-state index in [-0.39, 0.29) is 23.6 Å². The number of urea groups is 1. The molecule has 2 heterocycles. The van der Waals surface area contributed by atoms with Crippen LogP contribution in [0.25, 0.3) is 17.0 Å². The first-order valence-electron chi connectivity index (χ1n) is 12.2. The molecule has 4 aromatic rings. The highest BCUT2D eigenvalue weighted by atomic mass is 19.1. The smallest absolute Gasteiger partial charge is 0.326 e. The maximum atomic E-state index is 13.8. The second-order valence-corrected chi connectivity index (χ2v) is 9.23. The van der Waals surface area contributed by atoms with Crippen molar-refractivity contribution in [3.8, 4) is 17.1 Å². The van der Waals surface area contributed by atoms with Crippen LogP contribution in [0, 0.1) is 5.82 Å². The molecule has 1 N–H and O–H groups in total. The standard InChI is InChI=1S/C29H25FN4O3/c1-17-25(28-32-27(33-37-28)21-7-4-8-22(30)15-21)26(19-10-13-24(36-2)14-11-19)31-29(35)34(17)23-12-9-18-5-3-6-20(18)16-23/h4,7-16,26H,3,5-6H2,1-2H3,(H,31,35). The number of hydrogen-bond acceptors (Lipinski definition) is 5. The van der Waals surface area contributed by atoms with Gasteiger partial charge in [-0.15, -0.1) is 0 Å². The van der Waals surface area contributed by atoms with E-state index >= 15 is 0 Å². The van der Waals surface area contributed by atoms with E-state index in [1.54, 1.807) is 24.1 Å². The van der Waals surface area contributed by atoms with Crippen LogP contribution in [-0.2, 0) is 12.8 Å². The number of ether oxygens (including phenoxy) is 1. The highest BCUT2D eigenvalue weighted by Crippen LogP contribution is 2.40. The number of anilines is 1. The molecule has 1 aliphatic carbocycles. The Balaban J connectivity index is 1.48. The van der Waals surface area contributed by atoms with Gasteiger partial charge in [0, 0.05) is 11.3 Å². The number of amides is 2. The summed E-state index contributed by atoms with van der Waals surface area (Å²) in [7, 11) is 1.60. The minimum atomic E-state index is -0.537. The lowest BCUT2D eigenvalue weighted by Gasteiger charge is -2.35. The van der Waals surface area contributed by atoms with Gasteiger partial charge in [-0.05, 0) is 79.3 Å². The summed E-state index contributed by atoms with van der Waals surface area (Å²) < 4.78 is 24.9. The maximum Gasteiger partial charge on any atom is 0.326 e. The van der Waals surface area contributed by atoms with Crippen LogP contribution in [0.2, 0.25) is 0 Å². The van der Waals surface area contributed by atoms with Gasteiger partial charge in [-0.1, -0.05) is 35.5 Å². The molecule has 1 aromatic heterocycles. The lowest BCUT2D eigenvalue weighted by atomic mass is 9.94. The zero-order valence-electron chi connectivity index (χ0n) is 20.5. The molecule has 7 nitrogen and oxygen atoms in total. The zero-order chi connectivity index (χ0) is 25.5. The SMILES string of the molecule is COc1ccc(C2NC(=O)N(c3ccc4c(c3)CCC4)C(C)=C2c2nc(-c3cccc(F)c3)no2)cc1. The van der Waals surface area contributed by atoms with Gasteiger partial charge in [0.15, 0.2) is 0 Å². The number of carbonyl (C=O) groups is 1. The molecule has 0 saturated carbocycles. The second-order valence-electron chi connectivity index (χ2n) is 9.23. The quantitative estimate of drug-likeness (QED) is 0.362. The number of fused-ring (bicyclic) bond motifs is 1. The highest BCUT2D eigenvalue weighted by molar-refractivity contribution is 6.01. The van der Waals surface area contributed by atoms with Gasteiger partial charge in [0.1, 0.15) is 11.6 Å². The molecule has 3 aromatic carbocycles. The van der Waals surface area contributed by atoms with Gasteiger partial charge in [-0.2, -0.15) is 4.98 Å². The summed E-state index contributed by atoms with van der Waals surface area (Å²) in [6.45, 7) is 1.88. The van der Waals surface area contributed by atoms with E-state index < -0.39 is 6.04 Å². The fraction of sp³-hybridized carbons (Fsp3) is 0.207. The van der Waals surface area contributed by atoms with Crippen molar-refractivity contribution in [3.05, 3.63) is 101 Å². The first-order chi connectivity index (χ1) is 18.0. The number of halogens is 1. The molecule has 0 bridgehead atoms. The van der Waals surface area contributed by atoms with E-state index in [2.05, 4.69) is 27.6 Å². The number of nitrogens with zero attached hydrogens (tertiary/aromatic N) is 3. The number of methoxy groups -OCH3 is 1. The van der Waals surface area contributed by atoms with Crippen LogP contribution < -0.4 is 15.0 Å². The van der Waals surface area contributed by atoms with Crippen molar-refractivity contribution in [2.45, 2.75) is 32.2 Å². The molecule has 8 heteroatoms. The first-order valence-corrected chi connectivity index (χ1v) is 12.2. The Labute approximate surface area is 213 Å². The topological polar surface area (TPSA) is 80.5 Å². The van der Waals surface area contributed by atoms with Gasteiger partial charge >= 0.3 is 6.03 Å². The molecule has 1 atom stereocenters. The van der Waals surface area contributed by atoms with E-state index in [9.17, 15) is 9.18 Å². The number of rotatable bonds is 5.